The smallest absolute Gasteiger partial charge is 0.340 e. The van der Waals surface area contributed by atoms with Crippen molar-refractivity contribution in [1.29, 1.82) is 0 Å². The summed E-state index contributed by atoms with van der Waals surface area (Å²) in [6, 6.07) is 4.58. The van der Waals surface area contributed by atoms with E-state index < -0.39 is 0 Å². The molecule has 0 aliphatic heterocycles. The zero-order valence-corrected chi connectivity index (χ0v) is 7.11. The van der Waals surface area contributed by atoms with Gasteiger partial charge in [-0.05, 0) is 18.2 Å². The maximum Gasteiger partial charge on any atom is 0.340 e. The first-order chi connectivity index (χ1) is 6.66. The maximum atomic E-state index is 10.8. The zero-order chi connectivity index (χ0) is 10.1. The van der Waals surface area contributed by atoms with Crippen LogP contribution in [0.15, 0.2) is 23.0 Å². The topological polar surface area (TPSA) is 108 Å². The molecule has 0 amide bonds. The standard InChI is InChI=1S/C8H8N4O2/c9-5-3-4(1-2-6(5)13)7-10-8(14)12-11-7/h1-3,13H,9H2,(H2,10,11,12,14). The molecule has 2 aromatic rings. The molecule has 0 aliphatic rings. The summed E-state index contributed by atoms with van der Waals surface area (Å²) in [5.74, 6) is 0.397. The molecule has 0 radical (unpaired) electrons. The van der Waals surface area contributed by atoms with Crippen LogP contribution in [0.3, 0.4) is 0 Å². The van der Waals surface area contributed by atoms with Gasteiger partial charge in [-0.15, -0.1) is 0 Å². The summed E-state index contributed by atoms with van der Waals surface area (Å²) in [6.07, 6.45) is 0. The summed E-state index contributed by atoms with van der Waals surface area (Å²) in [7, 11) is 0. The van der Waals surface area contributed by atoms with Gasteiger partial charge in [0.15, 0.2) is 5.82 Å². The molecule has 72 valence electrons. The van der Waals surface area contributed by atoms with Crippen LogP contribution >= 0.6 is 0 Å². The third kappa shape index (κ3) is 1.33. The number of H-pyrrole nitrogens is 2. The molecular formula is C8H8N4O2. The van der Waals surface area contributed by atoms with Crippen LogP contribution in [0.1, 0.15) is 0 Å². The number of anilines is 1. The lowest BCUT2D eigenvalue weighted by atomic mass is 10.2. The Morgan fingerprint density at radius 3 is 2.79 bits per heavy atom. The first kappa shape index (κ1) is 8.36. The number of aromatic amines is 2. The van der Waals surface area contributed by atoms with Crippen molar-refractivity contribution in [2.45, 2.75) is 0 Å². The Morgan fingerprint density at radius 1 is 1.43 bits per heavy atom. The van der Waals surface area contributed by atoms with Crippen molar-refractivity contribution in [2.75, 3.05) is 5.73 Å². The second-order valence-corrected chi connectivity index (χ2v) is 2.80. The summed E-state index contributed by atoms with van der Waals surface area (Å²) in [4.78, 5) is 13.2. The minimum absolute atomic E-state index is 0.00614. The molecule has 1 aromatic carbocycles. The van der Waals surface area contributed by atoms with Gasteiger partial charge in [0.2, 0.25) is 0 Å². The number of phenolic OH excluding ortho intramolecular Hbond substituents is 1. The minimum Gasteiger partial charge on any atom is -0.506 e. The van der Waals surface area contributed by atoms with Gasteiger partial charge in [0.25, 0.3) is 0 Å². The van der Waals surface area contributed by atoms with Crippen LogP contribution in [0.5, 0.6) is 5.75 Å². The van der Waals surface area contributed by atoms with Crippen molar-refractivity contribution in [3.63, 3.8) is 0 Å². The lowest BCUT2D eigenvalue weighted by Crippen LogP contribution is -2.00. The molecule has 1 aromatic heterocycles. The lowest BCUT2D eigenvalue weighted by Gasteiger charge is -2.00. The van der Waals surface area contributed by atoms with Gasteiger partial charge >= 0.3 is 5.69 Å². The number of nitrogens with one attached hydrogen (secondary N) is 2. The van der Waals surface area contributed by atoms with Crippen LogP contribution in [-0.2, 0) is 0 Å². The van der Waals surface area contributed by atoms with Gasteiger partial charge < -0.3 is 10.8 Å². The summed E-state index contributed by atoms with van der Waals surface area (Å²) in [5.41, 5.74) is 5.98. The Labute approximate surface area is 78.4 Å². The van der Waals surface area contributed by atoms with Crippen molar-refractivity contribution in [2.24, 2.45) is 0 Å². The predicted molar refractivity (Wildman–Crippen MR) is 50.7 cm³/mol. The van der Waals surface area contributed by atoms with Crippen LogP contribution in [-0.4, -0.2) is 20.3 Å². The second kappa shape index (κ2) is 2.91. The van der Waals surface area contributed by atoms with Gasteiger partial charge in [-0.2, -0.15) is 5.10 Å². The van der Waals surface area contributed by atoms with Crippen LogP contribution < -0.4 is 11.4 Å². The Kier molecular flexibility index (Phi) is 1.74. The molecule has 6 heteroatoms. The van der Waals surface area contributed by atoms with E-state index in [2.05, 4.69) is 15.2 Å². The highest BCUT2D eigenvalue weighted by molar-refractivity contribution is 5.65. The number of rotatable bonds is 1. The second-order valence-electron chi connectivity index (χ2n) is 2.80. The van der Waals surface area contributed by atoms with E-state index in [0.29, 0.717) is 11.4 Å². The number of aromatic nitrogens is 3. The lowest BCUT2D eigenvalue weighted by molar-refractivity contribution is 0.478. The van der Waals surface area contributed by atoms with Crippen LogP contribution in [0.4, 0.5) is 5.69 Å². The van der Waals surface area contributed by atoms with Crippen LogP contribution in [0.2, 0.25) is 0 Å². The predicted octanol–water partition coefficient (Wildman–Crippen LogP) is 0.0528. The Hall–Kier alpha value is -2.24. The first-order valence-corrected chi connectivity index (χ1v) is 3.90. The molecule has 2 rings (SSSR count). The minimum atomic E-state index is -0.383. The van der Waals surface area contributed by atoms with E-state index in [-0.39, 0.29) is 17.1 Å². The normalized spacial score (nSPS) is 10.3. The summed E-state index contributed by atoms with van der Waals surface area (Å²) in [5, 5.41) is 15.1. The SMILES string of the molecule is Nc1cc(-c2n[nH]c(=O)[nH]2)ccc1O. The van der Waals surface area contributed by atoms with Crippen LogP contribution in [0, 0.1) is 0 Å². The van der Waals surface area contributed by atoms with E-state index >= 15 is 0 Å². The highest BCUT2D eigenvalue weighted by Crippen LogP contribution is 2.24. The maximum absolute atomic E-state index is 10.8. The van der Waals surface area contributed by atoms with E-state index in [0.717, 1.165) is 0 Å². The fraction of sp³-hybridized carbons (Fsp3) is 0. The molecule has 0 atom stereocenters. The summed E-state index contributed by atoms with van der Waals surface area (Å²) >= 11 is 0. The van der Waals surface area contributed by atoms with Crippen molar-refractivity contribution in [3.05, 3.63) is 28.7 Å². The highest BCUT2D eigenvalue weighted by atomic mass is 16.3. The fourth-order valence-corrected chi connectivity index (χ4v) is 1.11. The summed E-state index contributed by atoms with van der Waals surface area (Å²) < 4.78 is 0. The third-order valence-corrected chi connectivity index (χ3v) is 1.80. The van der Waals surface area contributed by atoms with Gasteiger partial charge in [-0.3, -0.25) is 4.98 Å². The number of phenols is 1. The Morgan fingerprint density at radius 2 is 2.21 bits per heavy atom. The molecule has 5 N–H and O–H groups in total. The summed E-state index contributed by atoms with van der Waals surface area (Å²) in [6.45, 7) is 0. The van der Waals surface area contributed by atoms with Crippen molar-refractivity contribution < 1.29 is 5.11 Å². The van der Waals surface area contributed by atoms with Crippen molar-refractivity contribution in [1.82, 2.24) is 15.2 Å². The fourth-order valence-electron chi connectivity index (χ4n) is 1.11. The number of nitrogens with zero attached hydrogens (tertiary/aromatic N) is 1. The quantitative estimate of drug-likeness (QED) is 0.378. The molecular weight excluding hydrogens is 184 g/mol. The molecule has 0 saturated heterocycles. The number of nitrogen functional groups attached to an aromatic ring is 1. The molecule has 0 spiro atoms. The first-order valence-electron chi connectivity index (χ1n) is 3.90. The van der Waals surface area contributed by atoms with Gasteiger partial charge in [-0.1, -0.05) is 0 Å². The van der Waals surface area contributed by atoms with Crippen LogP contribution in [0.25, 0.3) is 11.4 Å². The molecule has 0 aliphatic carbocycles. The van der Waals surface area contributed by atoms with E-state index in [4.69, 9.17) is 5.73 Å². The number of hydrogen-bond donors (Lipinski definition) is 4. The molecule has 0 bridgehead atoms. The monoisotopic (exact) mass is 192 g/mol. The van der Waals surface area contributed by atoms with E-state index in [9.17, 15) is 9.90 Å². The molecule has 0 unspecified atom stereocenters. The Bertz CT molecular complexity index is 514. The Balaban J connectivity index is 2.52. The van der Waals surface area contributed by atoms with Gasteiger partial charge in [0.05, 0.1) is 5.69 Å². The van der Waals surface area contributed by atoms with E-state index in [1.54, 1.807) is 6.07 Å². The van der Waals surface area contributed by atoms with E-state index in [1.165, 1.54) is 12.1 Å². The average Bonchev–Trinajstić information content (AvgIpc) is 2.57. The van der Waals surface area contributed by atoms with Gasteiger partial charge in [-0.25, -0.2) is 9.89 Å². The number of hydrogen-bond acceptors (Lipinski definition) is 4. The molecule has 6 nitrogen and oxygen atoms in total. The molecule has 1 heterocycles. The highest BCUT2D eigenvalue weighted by Gasteiger charge is 2.04. The zero-order valence-electron chi connectivity index (χ0n) is 7.11. The molecule has 14 heavy (non-hydrogen) atoms. The number of nitrogens with two attached hydrogens (primary N) is 1. The van der Waals surface area contributed by atoms with Gasteiger partial charge in [0, 0.05) is 5.56 Å². The van der Waals surface area contributed by atoms with Crippen molar-refractivity contribution in [3.8, 4) is 17.1 Å². The largest absolute Gasteiger partial charge is 0.506 e. The number of benzene rings is 1. The third-order valence-electron chi connectivity index (χ3n) is 1.80. The van der Waals surface area contributed by atoms with Gasteiger partial charge in [0.1, 0.15) is 5.75 Å². The molecule has 0 saturated carbocycles. The van der Waals surface area contributed by atoms with E-state index in [1.807, 2.05) is 0 Å². The van der Waals surface area contributed by atoms with Crippen molar-refractivity contribution >= 4 is 5.69 Å². The number of aromatic hydroxyl groups is 1. The average molecular weight is 192 g/mol. The molecule has 0 fully saturated rings.